The molecule has 1 aliphatic carbocycles. The van der Waals surface area contributed by atoms with Crippen LogP contribution in [-0.4, -0.2) is 35.7 Å². The molecule has 2 unspecified atom stereocenters. The van der Waals surface area contributed by atoms with Crippen molar-refractivity contribution in [3.05, 3.63) is 29.8 Å². The highest BCUT2D eigenvalue weighted by atomic mass is 16.5. The van der Waals surface area contributed by atoms with Crippen molar-refractivity contribution in [2.24, 2.45) is 0 Å². The van der Waals surface area contributed by atoms with Gasteiger partial charge < -0.3 is 9.84 Å². The molecule has 1 aromatic carbocycles. The molecule has 18 heavy (non-hydrogen) atoms. The topological polar surface area (TPSA) is 32.7 Å². The van der Waals surface area contributed by atoms with Gasteiger partial charge in [0.25, 0.3) is 0 Å². The molecular formula is C15H21NO2. The number of benzene rings is 1. The van der Waals surface area contributed by atoms with E-state index in [0.717, 1.165) is 24.3 Å². The maximum atomic E-state index is 10.9. The van der Waals surface area contributed by atoms with Gasteiger partial charge in [-0.15, -0.1) is 0 Å². The van der Waals surface area contributed by atoms with Crippen molar-refractivity contribution in [2.75, 3.05) is 13.7 Å². The van der Waals surface area contributed by atoms with Gasteiger partial charge in [0.05, 0.1) is 7.11 Å². The van der Waals surface area contributed by atoms with Crippen LogP contribution < -0.4 is 4.74 Å². The summed E-state index contributed by atoms with van der Waals surface area (Å²) in [6.07, 6.45) is 3.40. The van der Waals surface area contributed by atoms with Crippen LogP contribution in [0, 0.1) is 0 Å². The van der Waals surface area contributed by atoms with Gasteiger partial charge in [0.15, 0.2) is 0 Å². The summed E-state index contributed by atoms with van der Waals surface area (Å²) < 4.78 is 5.25. The maximum Gasteiger partial charge on any atom is 0.119 e. The molecule has 2 fully saturated rings. The van der Waals surface area contributed by atoms with Crippen molar-refractivity contribution in [2.45, 2.75) is 43.9 Å². The molecule has 2 atom stereocenters. The van der Waals surface area contributed by atoms with Gasteiger partial charge in [-0.05, 0) is 43.9 Å². The molecule has 0 bridgehead atoms. The monoisotopic (exact) mass is 247 g/mol. The zero-order valence-corrected chi connectivity index (χ0v) is 11.1. The zero-order valence-electron chi connectivity index (χ0n) is 11.1. The van der Waals surface area contributed by atoms with Gasteiger partial charge in [0.2, 0.25) is 0 Å². The van der Waals surface area contributed by atoms with Crippen LogP contribution in [0.3, 0.4) is 0 Å². The lowest BCUT2D eigenvalue weighted by molar-refractivity contribution is 0.0449. The first-order valence-corrected chi connectivity index (χ1v) is 6.75. The predicted molar refractivity (Wildman–Crippen MR) is 70.7 cm³/mol. The Kier molecular flexibility index (Phi) is 2.83. The van der Waals surface area contributed by atoms with Crippen molar-refractivity contribution in [3.63, 3.8) is 0 Å². The van der Waals surface area contributed by atoms with Crippen LogP contribution in [0.4, 0.5) is 0 Å². The Bertz CT molecular complexity index is 444. The lowest BCUT2D eigenvalue weighted by Crippen LogP contribution is -2.33. The number of hydrogen-bond acceptors (Lipinski definition) is 3. The Balaban J connectivity index is 1.85. The summed E-state index contributed by atoms with van der Waals surface area (Å²) >= 11 is 0. The van der Waals surface area contributed by atoms with Gasteiger partial charge in [-0.3, -0.25) is 4.90 Å². The van der Waals surface area contributed by atoms with Gasteiger partial charge in [0, 0.05) is 18.6 Å². The number of likely N-dealkylation sites (tertiary alicyclic amines) is 1. The first-order chi connectivity index (χ1) is 8.62. The van der Waals surface area contributed by atoms with E-state index in [2.05, 4.69) is 11.8 Å². The fourth-order valence-corrected chi connectivity index (χ4v) is 3.15. The van der Waals surface area contributed by atoms with Crippen molar-refractivity contribution < 1.29 is 9.84 Å². The lowest BCUT2D eigenvalue weighted by atomic mass is 9.91. The fourth-order valence-electron chi connectivity index (χ4n) is 3.15. The zero-order chi connectivity index (χ0) is 12.8. The number of nitrogens with zero attached hydrogens (tertiary/aromatic N) is 1. The Morgan fingerprint density at radius 3 is 2.83 bits per heavy atom. The summed E-state index contributed by atoms with van der Waals surface area (Å²) in [5.41, 5.74) is 0.271. The van der Waals surface area contributed by atoms with Crippen LogP contribution in [0.1, 0.15) is 31.7 Å². The quantitative estimate of drug-likeness (QED) is 0.888. The third-order valence-electron chi connectivity index (χ3n) is 4.27. The number of rotatable bonds is 3. The van der Waals surface area contributed by atoms with Crippen LogP contribution in [0.25, 0.3) is 0 Å². The van der Waals surface area contributed by atoms with E-state index in [1.807, 2.05) is 24.3 Å². The summed E-state index contributed by atoms with van der Waals surface area (Å²) in [5.74, 6) is 0.818. The highest BCUT2D eigenvalue weighted by Gasteiger charge is 2.46. The smallest absolute Gasteiger partial charge is 0.119 e. The second-order valence-electron chi connectivity index (χ2n) is 5.72. The summed E-state index contributed by atoms with van der Waals surface area (Å²) in [4.78, 5) is 2.46. The molecule has 3 nitrogen and oxygen atoms in total. The van der Waals surface area contributed by atoms with Crippen molar-refractivity contribution >= 4 is 0 Å². The summed E-state index contributed by atoms with van der Waals surface area (Å²) in [6.45, 7) is 2.97. The number of aliphatic hydroxyl groups is 1. The van der Waals surface area contributed by atoms with E-state index in [1.54, 1.807) is 7.11 Å². The van der Waals surface area contributed by atoms with Gasteiger partial charge in [-0.2, -0.15) is 0 Å². The van der Waals surface area contributed by atoms with Crippen LogP contribution in [0.5, 0.6) is 5.75 Å². The molecule has 0 radical (unpaired) electrons. The third kappa shape index (κ3) is 2.02. The average molecular weight is 247 g/mol. The molecule has 3 heteroatoms. The highest BCUT2D eigenvalue weighted by molar-refractivity contribution is 5.33. The summed E-state index contributed by atoms with van der Waals surface area (Å²) in [7, 11) is 1.66. The average Bonchev–Trinajstić information content (AvgIpc) is 3.16. The molecule has 3 rings (SSSR count). The van der Waals surface area contributed by atoms with E-state index in [0.29, 0.717) is 12.1 Å². The minimum atomic E-state index is -0.712. The van der Waals surface area contributed by atoms with Crippen LogP contribution >= 0.6 is 0 Å². The molecule has 1 aliphatic heterocycles. The predicted octanol–water partition coefficient (Wildman–Crippen LogP) is 2.14. The molecule has 1 heterocycles. The number of β-amino-alcohol motifs (C(OH)–C–C–N with tert-alkyl or cyclic N) is 1. The minimum Gasteiger partial charge on any atom is -0.497 e. The second-order valence-corrected chi connectivity index (χ2v) is 5.72. The van der Waals surface area contributed by atoms with E-state index in [9.17, 15) is 5.11 Å². The number of hydrogen-bond donors (Lipinski definition) is 1. The highest BCUT2D eigenvalue weighted by Crippen LogP contribution is 2.42. The lowest BCUT2D eigenvalue weighted by Gasteiger charge is -2.24. The first-order valence-electron chi connectivity index (χ1n) is 6.75. The van der Waals surface area contributed by atoms with Crippen molar-refractivity contribution in [1.29, 1.82) is 0 Å². The van der Waals surface area contributed by atoms with Gasteiger partial charge in [0.1, 0.15) is 11.4 Å². The van der Waals surface area contributed by atoms with Crippen molar-refractivity contribution in [3.8, 4) is 5.75 Å². The maximum absolute atomic E-state index is 10.9. The fraction of sp³-hybridized carbons (Fsp3) is 0.600. The molecule has 1 aromatic rings. The van der Waals surface area contributed by atoms with E-state index in [4.69, 9.17) is 4.74 Å². The molecule has 0 spiro atoms. The first kappa shape index (κ1) is 12.0. The van der Waals surface area contributed by atoms with Gasteiger partial charge in [-0.25, -0.2) is 0 Å². The SMILES string of the molecule is COc1cccc(C2(O)CC(C)N(C3CC3)C2)c1. The molecule has 1 N–H and O–H groups in total. The van der Waals surface area contributed by atoms with Gasteiger partial charge in [-0.1, -0.05) is 12.1 Å². The van der Waals surface area contributed by atoms with Crippen LogP contribution in [0.15, 0.2) is 24.3 Å². The molecule has 0 amide bonds. The molecular weight excluding hydrogens is 226 g/mol. The van der Waals surface area contributed by atoms with E-state index in [1.165, 1.54) is 12.8 Å². The van der Waals surface area contributed by atoms with E-state index in [-0.39, 0.29) is 0 Å². The Morgan fingerprint density at radius 2 is 2.17 bits per heavy atom. The van der Waals surface area contributed by atoms with Crippen molar-refractivity contribution in [1.82, 2.24) is 4.90 Å². The Labute approximate surface area is 108 Å². The molecule has 98 valence electrons. The van der Waals surface area contributed by atoms with E-state index < -0.39 is 5.60 Å². The molecule has 1 saturated heterocycles. The second kappa shape index (κ2) is 4.25. The Hall–Kier alpha value is -1.06. The molecule has 0 aromatic heterocycles. The standard InChI is InChI=1S/C15H21NO2/c1-11-9-15(17,10-16(11)13-6-7-13)12-4-3-5-14(8-12)18-2/h3-5,8,11,13,17H,6-7,9-10H2,1-2H3. The van der Waals surface area contributed by atoms with E-state index >= 15 is 0 Å². The molecule has 1 saturated carbocycles. The normalized spacial score (nSPS) is 32.7. The van der Waals surface area contributed by atoms with Crippen LogP contribution in [0.2, 0.25) is 0 Å². The largest absolute Gasteiger partial charge is 0.497 e. The van der Waals surface area contributed by atoms with Crippen LogP contribution in [-0.2, 0) is 5.60 Å². The summed E-state index contributed by atoms with van der Waals surface area (Å²) in [6, 6.07) is 9.02. The minimum absolute atomic E-state index is 0.466. The molecule has 2 aliphatic rings. The third-order valence-corrected chi connectivity index (χ3v) is 4.27. The van der Waals surface area contributed by atoms with Gasteiger partial charge >= 0.3 is 0 Å². The number of ether oxygens (including phenoxy) is 1. The summed E-state index contributed by atoms with van der Waals surface area (Å²) in [5, 5.41) is 10.9. The number of methoxy groups -OCH3 is 1. The Morgan fingerprint density at radius 1 is 1.39 bits per heavy atom.